The fourth-order valence-corrected chi connectivity index (χ4v) is 4.61. The molecule has 0 saturated heterocycles. The predicted molar refractivity (Wildman–Crippen MR) is 101 cm³/mol. The van der Waals surface area contributed by atoms with Crippen LogP contribution in [0.3, 0.4) is 0 Å². The van der Waals surface area contributed by atoms with E-state index in [1.54, 1.807) is 11.3 Å². The lowest BCUT2D eigenvalue weighted by Crippen LogP contribution is -2.26. The van der Waals surface area contributed by atoms with Crippen LogP contribution in [0.4, 0.5) is 5.69 Å². The first-order valence-electron chi connectivity index (χ1n) is 8.28. The van der Waals surface area contributed by atoms with Crippen molar-refractivity contribution >= 4 is 28.6 Å². The molecule has 0 spiro atoms. The molecular weight excluding hydrogens is 336 g/mol. The molecule has 2 nitrogen and oxygen atoms in total. The van der Waals surface area contributed by atoms with E-state index in [0.29, 0.717) is 11.1 Å². The van der Waals surface area contributed by atoms with E-state index in [2.05, 4.69) is 41.1 Å². The van der Waals surface area contributed by atoms with Crippen LogP contribution in [0.15, 0.2) is 58.9 Å². The van der Waals surface area contributed by atoms with Crippen LogP contribution in [-0.2, 0) is 6.42 Å². The molecule has 122 valence electrons. The topological polar surface area (TPSA) is 17.3 Å². The van der Waals surface area contributed by atoms with E-state index in [9.17, 15) is 0 Å². The van der Waals surface area contributed by atoms with Crippen LogP contribution in [0, 0.1) is 6.92 Å². The van der Waals surface area contributed by atoms with Gasteiger partial charge in [-0.25, -0.2) is 4.99 Å². The first kappa shape index (κ1) is 15.7. The fourth-order valence-electron chi connectivity index (χ4n) is 3.50. The van der Waals surface area contributed by atoms with Gasteiger partial charge in [-0.05, 0) is 49.4 Å². The first-order chi connectivity index (χ1) is 11.7. The molecule has 0 amide bonds. The average Bonchev–Trinajstić information content (AvgIpc) is 2.97. The molecule has 0 N–H and O–H groups in total. The molecule has 0 radical (unpaired) electrons. The summed E-state index contributed by atoms with van der Waals surface area (Å²) in [5.41, 5.74) is 4.99. The summed E-state index contributed by atoms with van der Waals surface area (Å²) in [5.74, 6) is 0. The summed E-state index contributed by atoms with van der Waals surface area (Å²) in [6, 6.07) is 16.9. The maximum atomic E-state index is 6.30. The summed E-state index contributed by atoms with van der Waals surface area (Å²) in [6.07, 6.45) is 3.55. The number of hydrogen-bond donors (Lipinski definition) is 0. The highest BCUT2D eigenvalue weighted by Crippen LogP contribution is 2.33. The van der Waals surface area contributed by atoms with Gasteiger partial charge in [-0.3, -0.25) is 0 Å². The van der Waals surface area contributed by atoms with Crippen LogP contribution in [-0.4, -0.2) is 4.57 Å². The van der Waals surface area contributed by atoms with E-state index in [1.807, 2.05) is 24.3 Å². The number of para-hydroxylation sites is 1. The van der Waals surface area contributed by atoms with E-state index in [1.165, 1.54) is 29.7 Å². The first-order valence-corrected chi connectivity index (χ1v) is 9.53. The Morgan fingerprint density at radius 1 is 1.12 bits per heavy atom. The molecule has 1 heterocycles. The van der Waals surface area contributed by atoms with Gasteiger partial charge in [0.15, 0.2) is 4.80 Å². The van der Waals surface area contributed by atoms with Crippen molar-refractivity contribution in [3.63, 3.8) is 0 Å². The summed E-state index contributed by atoms with van der Waals surface area (Å²) in [4.78, 5) is 5.88. The molecule has 0 fully saturated rings. The molecule has 4 rings (SSSR count). The molecule has 24 heavy (non-hydrogen) atoms. The number of rotatable bonds is 2. The number of benzene rings is 2. The molecule has 0 saturated carbocycles. The highest BCUT2D eigenvalue weighted by Gasteiger charge is 2.23. The van der Waals surface area contributed by atoms with Crippen molar-refractivity contribution in [1.29, 1.82) is 0 Å². The number of hydrogen-bond acceptors (Lipinski definition) is 2. The molecule has 2 aromatic carbocycles. The van der Waals surface area contributed by atoms with Gasteiger partial charge >= 0.3 is 0 Å². The minimum atomic E-state index is 0.363. The summed E-state index contributed by atoms with van der Waals surface area (Å²) in [6.45, 7) is 2.17. The fraction of sp³-hybridized carbons (Fsp3) is 0.250. The van der Waals surface area contributed by atoms with Crippen LogP contribution in [0.1, 0.15) is 35.7 Å². The molecule has 3 aromatic rings. The van der Waals surface area contributed by atoms with Gasteiger partial charge in [0.2, 0.25) is 0 Å². The van der Waals surface area contributed by atoms with Gasteiger partial charge in [-0.2, -0.15) is 0 Å². The Labute approximate surface area is 151 Å². The average molecular weight is 355 g/mol. The highest BCUT2D eigenvalue weighted by molar-refractivity contribution is 7.07. The van der Waals surface area contributed by atoms with Crippen molar-refractivity contribution < 1.29 is 0 Å². The van der Waals surface area contributed by atoms with Crippen LogP contribution >= 0.6 is 22.9 Å². The number of nitrogens with zero attached hydrogens (tertiary/aromatic N) is 2. The molecular formula is C20H19ClN2S. The number of fused-ring (bicyclic) bond motifs is 1. The van der Waals surface area contributed by atoms with Crippen molar-refractivity contribution in [3.8, 4) is 0 Å². The lowest BCUT2D eigenvalue weighted by atomic mass is 9.87. The van der Waals surface area contributed by atoms with E-state index < -0.39 is 0 Å². The molecule has 1 aliphatic carbocycles. The van der Waals surface area contributed by atoms with Crippen molar-refractivity contribution in [2.24, 2.45) is 4.99 Å². The molecule has 4 heteroatoms. The lowest BCUT2D eigenvalue weighted by molar-refractivity contribution is 0.474. The summed E-state index contributed by atoms with van der Waals surface area (Å²) in [7, 11) is 0. The monoisotopic (exact) mass is 354 g/mol. The second-order valence-corrected chi connectivity index (χ2v) is 7.44. The smallest absolute Gasteiger partial charge is 0.190 e. The standard InChI is InChI=1S/C20H19ClN2S/c1-14-13-24-20(22-18-11-5-4-10-17(18)21)23(14)19-12-6-8-15-7-2-3-9-16(15)19/h2-5,7,9-11,13,19H,6,8,12H2,1H3. The van der Waals surface area contributed by atoms with Crippen LogP contribution in [0.25, 0.3) is 0 Å². The largest absolute Gasteiger partial charge is 0.314 e. The Bertz CT molecular complexity index is 939. The third kappa shape index (κ3) is 2.83. The number of halogens is 1. The highest BCUT2D eigenvalue weighted by atomic mass is 35.5. The van der Waals surface area contributed by atoms with Gasteiger partial charge in [0, 0.05) is 11.1 Å². The minimum absolute atomic E-state index is 0.363. The second kappa shape index (κ2) is 6.58. The Hall–Kier alpha value is -1.84. The minimum Gasteiger partial charge on any atom is -0.314 e. The maximum absolute atomic E-state index is 6.30. The summed E-state index contributed by atoms with van der Waals surface area (Å²) in [5, 5.41) is 2.88. The van der Waals surface area contributed by atoms with Gasteiger partial charge < -0.3 is 4.57 Å². The Kier molecular flexibility index (Phi) is 4.30. The summed E-state index contributed by atoms with van der Waals surface area (Å²) < 4.78 is 2.38. The molecule has 0 aliphatic heterocycles. The van der Waals surface area contributed by atoms with Gasteiger partial charge in [-0.15, -0.1) is 11.3 Å². The zero-order valence-electron chi connectivity index (χ0n) is 13.6. The quantitative estimate of drug-likeness (QED) is 0.564. The molecule has 1 unspecified atom stereocenters. The van der Waals surface area contributed by atoms with E-state index in [4.69, 9.17) is 16.6 Å². The zero-order chi connectivity index (χ0) is 16.5. The predicted octanol–water partition coefficient (Wildman–Crippen LogP) is 5.67. The van der Waals surface area contributed by atoms with Gasteiger partial charge in [0.1, 0.15) is 0 Å². The Morgan fingerprint density at radius 2 is 1.92 bits per heavy atom. The molecule has 1 aromatic heterocycles. The van der Waals surface area contributed by atoms with Crippen molar-refractivity contribution in [3.05, 3.63) is 80.6 Å². The number of aromatic nitrogens is 1. The molecule has 1 aliphatic rings. The lowest BCUT2D eigenvalue weighted by Gasteiger charge is -2.27. The third-order valence-corrected chi connectivity index (χ3v) is 5.92. The Balaban J connectivity index is 1.87. The zero-order valence-corrected chi connectivity index (χ0v) is 15.1. The molecule has 0 bridgehead atoms. The van der Waals surface area contributed by atoms with Gasteiger partial charge in [0.25, 0.3) is 0 Å². The van der Waals surface area contributed by atoms with Gasteiger partial charge in [-0.1, -0.05) is 48.0 Å². The number of thiazole rings is 1. The van der Waals surface area contributed by atoms with Crippen molar-refractivity contribution in [2.45, 2.75) is 32.2 Å². The van der Waals surface area contributed by atoms with Gasteiger partial charge in [0.05, 0.1) is 16.8 Å². The Morgan fingerprint density at radius 3 is 2.79 bits per heavy atom. The van der Waals surface area contributed by atoms with Crippen LogP contribution in [0.5, 0.6) is 0 Å². The second-order valence-electron chi connectivity index (χ2n) is 6.20. The normalized spacial score (nSPS) is 17.8. The van der Waals surface area contributed by atoms with Crippen molar-refractivity contribution in [1.82, 2.24) is 4.57 Å². The third-order valence-electron chi connectivity index (χ3n) is 4.64. The van der Waals surface area contributed by atoms with Crippen LogP contribution < -0.4 is 4.80 Å². The summed E-state index contributed by atoms with van der Waals surface area (Å²) >= 11 is 7.99. The molecule has 1 atom stereocenters. The van der Waals surface area contributed by atoms with E-state index in [-0.39, 0.29) is 0 Å². The van der Waals surface area contributed by atoms with E-state index >= 15 is 0 Å². The van der Waals surface area contributed by atoms with Crippen molar-refractivity contribution in [2.75, 3.05) is 0 Å². The maximum Gasteiger partial charge on any atom is 0.190 e. The van der Waals surface area contributed by atoms with Crippen LogP contribution in [0.2, 0.25) is 5.02 Å². The SMILES string of the molecule is Cc1csc(=Nc2ccccc2Cl)n1C1CCCc2ccccc21. The number of aryl methyl sites for hydroxylation is 2. The van der Waals surface area contributed by atoms with E-state index in [0.717, 1.165) is 16.9 Å².